The summed E-state index contributed by atoms with van der Waals surface area (Å²) in [5.74, 6) is 0.687. The van der Waals surface area contributed by atoms with Gasteiger partial charge in [0.05, 0.1) is 13.2 Å². The molecule has 0 heterocycles. The van der Waals surface area contributed by atoms with E-state index in [1.807, 2.05) is 0 Å². The molecule has 0 saturated heterocycles. The van der Waals surface area contributed by atoms with Crippen molar-refractivity contribution in [1.82, 2.24) is 0 Å². The van der Waals surface area contributed by atoms with Gasteiger partial charge in [-0.15, -0.1) is 0 Å². The first-order chi connectivity index (χ1) is 12.0. The molecule has 0 aromatic heterocycles. The Morgan fingerprint density at radius 1 is 0.852 bits per heavy atom. The SMILES string of the molecule is CCCCC(CC)COP(=O)(O)OCC(CC)CCCC.O=S(=O)(O)O.[Mo]. The molecule has 0 aliphatic heterocycles. The zero-order valence-electron chi connectivity index (χ0n) is 16.9. The molecule has 8 nitrogen and oxygen atoms in total. The zero-order valence-corrected chi connectivity index (χ0v) is 20.6. The van der Waals surface area contributed by atoms with E-state index in [9.17, 15) is 9.46 Å². The van der Waals surface area contributed by atoms with Crippen molar-refractivity contribution in [3.63, 3.8) is 0 Å². The summed E-state index contributed by atoms with van der Waals surface area (Å²) in [5.41, 5.74) is 0. The van der Waals surface area contributed by atoms with E-state index < -0.39 is 18.2 Å². The molecule has 0 aliphatic carbocycles. The molecule has 0 spiro atoms. The molecule has 0 aliphatic rings. The Kier molecular flexibility index (Phi) is 22.4. The number of phosphoric acid groups is 1. The van der Waals surface area contributed by atoms with Crippen LogP contribution < -0.4 is 0 Å². The van der Waals surface area contributed by atoms with Crippen LogP contribution in [0.4, 0.5) is 0 Å². The molecule has 0 rings (SSSR count). The molecular formula is C16H37MoO8PS. The molecule has 0 bridgehead atoms. The normalized spacial score (nSPS) is 15.7. The summed E-state index contributed by atoms with van der Waals surface area (Å²) in [6.07, 6.45) is 8.56. The van der Waals surface area contributed by atoms with Crippen LogP contribution in [0, 0.1) is 11.8 Å². The van der Waals surface area contributed by atoms with Crippen LogP contribution in [-0.4, -0.2) is 35.6 Å². The zero-order chi connectivity index (χ0) is 20.6. The van der Waals surface area contributed by atoms with Gasteiger partial charge >= 0.3 is 18.2 Å². The third kappa shape index (κ3) is 26.7. The molecule has 166 valence electrons. The van der Waals surface area contributed by atoms with Gasteiger partial charge < -0.3 is 4.89 Å². The average Bonchev–Trinajstić information content (AvgIpc) is 2.53. The summed E-state index contributed by atoms with van der Waals surface area (Å²) in [5, 5.41) is 0. The second-order valence-corrected chi connectivity index (χ2v) is 8.69. The van der Waals surface area contributed by atoms with Gasteiger partial charge in [-0.1, -0.05) is 66.2 Å². The monoisotopic (exact) mass is 518 g/mol. The van der Waals surface area contributed by atoms with Gasteiger partial charge in [-0.2, -0.15) is 8.42 Å². The minimum Gasteiger partial charge on any atom is -0.302 e. The fraction of sp³-hybridized carbons (Fsp3) is 1.00. The summed E-state index contributed by atoms with van der Waals surface area (Å²) in [4.78, 5) is 9.77. The van der Waals surface area contributed by atoms with Gasteiger partial charge in [0.15, 0.2) is 0 Å². The van der Waals surface area contributed by atoms with Gasteiger partial charge in [0.25, 0.3) is 0 Å². The largest absolute Gasteiger partial charge is 0.472 e. The predicted molar refractivity (Wildman–Crippen MR) is 103 cm³/mol. The molecule has 3 N–H and O–H groups in total. The maximum Gasteiger partial charge on any atom is 0.472 e. The van der Waals surface area contributed by atoms with Crippen molar-refractivity contribution >= 4 is 18.2 Å². The van der Waals surface area contributed by atoms with E-state index in [1.54, 1.807) is 0 Å². The van der Waals surface area contributed by atoms with Crippen molar-refractivity contribution in [2.75, 3.05) is 13.2 Å². The number of phosphoric ester groups is 1. The standard InChI is InChI=1S/C16H35O4P.Mo.H2O4S/c1-5-9-11-15(7-3)13-19-21(17,18)20-14-16(8-4)12-10-6-2;;1-5(2,3)4/h15-16H,5-14H2,1-4H3,(H,17,18);;(H2,1,2,3,4). The summed E-state index contributed by atoms with van der Waals surface area (Å²) >= 11 is 0. The third-order valence-electron chi connectivity index (χ3n) is 4.03. The summed E-state index contributed by atoms with van der Waals surface area (Å²) < 4.78 is 53.8. The van der Waals surface area contributed by atoms with E-state index in [2.05, 4.69) is 27.7 Å². The topological polar surface area (TPSA) is 130 Å². The Hall–Kier alpha value is 0.668. The molecule has 2 atom stereocenters. The summed E-state index contributed by atoms with van der Waals surface area (Å²) in [6.45, 7) is 9.10. The molecule has 0 radical (unpaired) electrons. The average molecular weight is 516 g/mol. The first-order valence-corrected chi connectivity index (χ1v) is 12.2. The van der Waals surface area contributed by atoms with Crippen molar-refractivity contribution in [2.45, 2.75) is 79.1 Å². The fourth-order valence-electron chi connectivity index (χ4n) is 2.23. The molecule has 27 heavy (non-hydrogen) atoms. The Bertz CT molecular complexity index is 443. The van der Waals surface area contributed by atoms with Crippen LogP contribution in [0.5, 0.6) is 0 Å². The van der Waals surface area contributed by atoms with Crippen molar-refractivity contribution in [3.05, 3.63) is 0 Å². The van der Waals surface area contributed by atoms with E-state index in [0.717, 1.165) is 51.4 Å². The van der Waals surface area contributed by atoms with Gasteiger partial charge in [0, 0.05) is 21.1 Å². The van der Waals surface area contributed by atoms with E-state index in [4.69, 9.17) is 26.6 Å². The van der Waals surface area contributed by atoms with Crippen LogP contribution in [0.2, 0.25) is 0 Å². The Morgan fingerprint density at radius 3 is 1.37 bits per heavy atom. The van der Waals surface area contributed by atoms with Gasteiger partial charge in [-0.05, 0) is 24.7 Å². The van der Waals surface area contributed by atoms with Crippen LogP contribution in [0.15, 0.2) is 0 Å². The second kappa shape index (κ2) is 18.7. The van der Waals surface area contributed by atoms with E-state index in [0.29, 0.717) is 25.0 Å². The molecule has 2 unspecified atom stereocenters. The number of rotatable bonds is 14. The number of unbranched alkanes of at least 4 members (excludes halogenated alkanes) is 2. The Morgan fingerprint density at radius 2 is 1.15 bits per heavy atom. The minimum atomic E-state index is -4.67. The molecular weight excluding hydrogens is 479 g/mol. The maximum atomic E-state index is 11.9. The Labute approximate surface area is 179 Å². The van der Waals surface area contributed by atoms with Gasteiger partial charge in [-0.3, -0.25) is 18.2 Å². The van der Waals surface area contributed by atoms with Crippen molar-refractivity contribution in [2.24, 2.45) is 11.8 Å². The smallest absolute Gasteiger partial charge is 0.302 e. The van der Waals surface area contributed by atoms with Crippen LogP contribution in [0.25, 0.3) is 0 Å². The molecule has 0 amide bonds. The number of hydrogen-bond donors (Lipinski definition) is 3. The van der Waals surface area contributed by atoms with E-state index >= 15 is 0 Å². The second-order valence-electron chi connectivity index (χ2n) is 6.34. The van der Waals surface area contributed by atoms with Gasteiger partial charge in [-0.25, -0.2) is 4.57 Å². The van der Waals surface area contributed by atoms with Crippen LogP contribution in [0.1, 0.15) is 79.1 Å². The molecule has 0 aromatic carbocycles. The first-order valence-electron chi connectivity index (χ1n) is 9.30. The van der Waals surface area contributed by atoms with Crippen LogP contribution in [0.3, 0.4) is 0 Å². The molecule has 0 aromatic rings. The van der Waals surface area contributed by atoms with Crippen molar-refractivity contribution in [1.29, 1.82) is 0 Å². The summed E-state index contributed by atoms with van der Waals surface area (Å²) in [6, 6.07) is 0. The van der Waals surface area contributed by atoms with Crippen LogP contribution in [-0.2, 0) is 45.1 Å². The van der Waals surface area contributed by atoms with Crippen molar-refractivity contribution in [3.8, 4) is 0 Å². The van der Waals surface area contributed by atoms with Crippen molar-refractivity contribution < 1.29 is 57.1 Å². The predicted octanol–water partition coefficient (Wildman–Crippen LogP) is 4.90. The maximum absolute atomic E-state index is 11.9. The van der Waals surface area contributed by atoms with E-state index in [1.165, 1.54) is 0 Å². The van der Waals surface area contributed by atoms with Crippen LogP contribution >= 0.6 is 7.82 Å². The summed E-state index contributed by atoms with van der Waals surface area (Å²) in [7, 11) is -8.56. The van der Waals surface area contributed by atoms with Gasteiger partial charge in [0.2, 0.25) is 0 Å². The first kappa shape index (κ1) is 32.3. The molecule has 11 heteroatoms. The molecule has 0 fully saturated rings. The third-order valence-corrected chi connectivity index (χ3v) is 4.98. The quantitative estimate of drug-likeness (QED) is 0.169. The molecule has 0 saturated carbocycles. The minimum absolute atomic E-state index is 0. The van der Waals surface area contributed by atoms with E-state index in [-0.39, 0.29) is 21.1 Å². The van der Waals surface area contributed by atoms with Gasteiger partial charge in [0.1, 0.15) is 0 Å². The number of hydrogen-bond acceptors (Lipinski definition) is 5. The Balaban J connectivity index is -0.000000844. The fourth-order valence-corrected chi connectivity index (χ4v) is 3.11.